The smallest absolute Gasteiger partial charge is 0.193 e. The predicted octanol–water partition coefficient (Wildman–Crippen LogP) is 4.02. The van der Waals surface area contributed by atoms with Crippen LogP contribution in [0.15, 0.2) is 51.4 Å². The Bertz CT molecular complexity index is 544. The molecular weight excluding hydrogens is 346 g/mol. The number of hydrogen-bond acceptors (Lipinski definition) is 2. The lowest BCUT2D eigenvalue weighted by molar-refractivity contribution is 0.103. The third-order valence-corrected chi connectivity index (χ3v) is 3.21. The molecule has 2 aromatic rings. The van der Waals surface area contributed by atoms with E-state index >= 15 is 0 Å². The van der Waals surface area contributed by atoms with Crippen molar-refractivity contribution >= 4 is 43.3 Å². The van der Waals surface area contributed by atoms with E-state index in [1.54, 1.807) is 36.4 Å². The molecule has 0 bridgehead atoms. The van der Waals surface area contributed by atoms with E-state index in [1.165, 1.54) is 0 Å². The van der Waals surface area contributed by atoms with Gasteiger partial charge in [0.25, 0.3) is 0 Å². The third kappa shape index (κ3) is 2.96. The Balaban J connectivity index is 2.40. The van der Waals surface area contributed by atoms with Gasteiger partial charge in [0.15, 0.2) is 5.78 Å². The van der Waals surface area contributed by atoms with Crippen LogP contribution >= 0.6 is 31.9 Å². The molecule has 0 spiro atoms. The Morgan fingerprint density at radius 1 is 0.882 bits per heavy atom. The number of ketones is 1. The van der Waals surface area contributed by atoms with Gasteiger partial charge >= 0.3 is 0 Å². The molecular formula is C13H9Br2NO. The normalized spacial score (nSPS) is 10.2. The Morgan fingerprint density at radius 2 is 1.41 bits per heavy atom. The van der Waals surface area contributed by atoms with Crippen LogP contribution < -0.4 is 5.73 Å². The highest BCUT2D eigenvalue weighted by Crippen LogP contribution is 2.22. The molecule has 0 radical (unpaired) electrons. The first-order valence-electron chi connectivity index (χ1n) is 4.92. The van der Waals surface area contributed by atoms with Crippen molar-refractivity contribution in [2.75, 3.05) is 5.73 Å². The molecule has 2 rings (SSSR count). The van der Waals surface area contributed by atoms with Gasteiger partial charge < -0.3 is 5.73 Å². The summed E-state index contributed by atoms with van der Waals surface area (Å²) in [6.07, 6.45) is 0. The number of carbonyl (C=O) groups excluding carboxylic acids is 1. The van der Waals surface area contributed by atoms with Crippen molar-refractivity contribution < 1.29 is 4.79 Å². The summed E-state index contributed by atoms with van der Waals surface area (Å²) in [6, 6.07) is 12.4. The van der Waals surface area contributed by atoms with E-state index in [0.717, 1.165) is 8.95 Å². The molecule has 0 aliphatic heterocycles. The van der Waals surface area contributed by atoms with Crippen molar-refractivity contribution in [2.45, 2.75) is 0 Å². The number of anilines is 1. The van der Waals surface area contributed by atoms with E-state index < -0.39 is 0 Å². The standard InChI is InChI=1S/C13H9Br2NO/c14-10-5-9(6-11(15)7-10)13(17)8-1-3-12(16)4-2-8/h1-7H,16H2. The molecule has 2 aromatic carbocycles. The van der Waals surface area contributed by atoms with Crippen molar-refractivity contribution in [3.05, 3.63) is 62.5 Å². The maximum Gasteiger partial charge on any atom is 0.193 e. The van der Waals surface area contributed by atoms with Crippen LogP contribution in [0.2, 0.25) is 0 Å². The zero-order chi connectivity index (χ0) is 12.4. The fourth-order valence-corrected chi connectivity index (χ4v) is 2.78. The quantitative estimate of drug-likeness (QED) is 0.653. The second-order valence-corrected chi connectivity index (χ2v) is 5.44. The molecule has 0 amide bonds. The van der Waals surface area contributed by atoms with Gasteiger partial charge in [0.2, 0.25) is 0 Å². The monoisotopic (exact) mass is 353 g/mol. The molecule has 0 aliphatic rings. The molecule has 0 fully saturated rings. The average Bonchev–Trinajstić information content (AvgIpc) is 2.28. The molecule has 0 unspecified atom stereocenters. The summed E-state index contributed by atoms with van der Waals surface area (Å²) < 4.78 is 1.73. The molecule has 2 nitrogen and oxygen atoms in total. The Hall–Kier alpha value is -1.13. The fourth-order valence-electron chi connectivity index (χ4n) is 1.49. The zero-order valence-electron chi connectivity index (χ0n) is 8.78. The molecule has 0 saturated heterocycles. The summed E-state index contributed by atoms with van der Waals surface area (Å²) in [7, 11) is 0. The SMILES string of the molecule is Nc1ccc(C(=O)c2cc(Br)cc(Br)c2)cc1. The van der Waals surface area contributed by atoms with Crippen molar-refractivity contribution in [1.29, 1.82) is 0 Å². The first-order chi connectivity index (χ1) is 8.06. The molecule has 4 heteroatoms. The van der Waals surface area contributed by atoms with Gasteiger partial charge in [-0.3, -0.25) is 4.79 Å². The maximum atomic E-state index is 12.2. The van der Waals surface area contributed by atoms with E-state index in [-0.39, 0.29) is 5.78 Å². The predicted molar refractivity (Wildman–Crippen MR) is 76.1 cm³/mol. The third-order valence-electron chi connectivity index (χ3n) is 2.30. The molecule has 17 heavy (non-hydrogen) atoms. The molecule has 0 aliphatic carbocycles. The van der Waals surface area contributed by atoms with E-state index in [1.807, 2.05) is 6.07 Å². The number of rotatable bonds is 2. The second-order valence-electron chi connectivity index (χ2n) is 3.61. The minimum Gasteiger partial charge on any atom is -0.399 e. The summed E-state index contributed by atoms with van der Waals surface area (Å²) in [5.74, 6) is -0.0213. The number of nitrogen functional groups attached to an aromatic ring is 1. The highest BCUT2D eigenvalue weighted by atomic mass is 79.9. The number of hydrogen-bond donors (Lipinski definition) is 1. The van der Waals surface area contributed by atoms with E-state index in [0.29, 0.717) is 16.8 Å². The van der Waals surface area contributed by atoms with Crippen LogP contribution in [0.1, 0.15) is 15.9 Å². The van der Waals surface area contributed by atoms with Crippen LogP contribution in [-0.4, -0.2) is 5.78 Å². The van der Waals surface area contributed by atoms with Gasteiger partial charge in [-0.2, -0.15) is 0 Å². The first kappa shape index (κ1) is 12.3. The van der Waals surface area contributed by atoms with Gasteiger partial charge in [-0.05, 0) is 42.5 Å². The van der Waals surface area contributed by atoms with Crippen LogP contribution in [0.4, 0.5) is 5.69 Å². The minimum atomic E-state index is -0.0213. The summed E-state index contributed by atoms with van der Waals surface area (Å²) in [5.41, 5.74) is 7.50. The van der Waals surface area contributed by atoms with Crippen molar-refractivity contribution in [2.24, 2.45) is 0 Å². The maximum absolute atomic E-state index is 12.2. The highest BCUT2D eigenvalue weighted by Gasteiger charge is 2.10. The van der Waals surface area contributed by atoms with Crippen LogP contribution in [0, 0.1) is 0 Å². The molecule has 0 saturated carbocycles. The Kier molecular flexibility index (Phi) is 3.64. The molecule has 86 valence electrons. The van der Waals surface area contributed by atoms with Crippen molar-refractivity contribution in [1.82, 2.24) is 0 Å². The second kappa shape index (κ2) is 5.02. The van der Waals surface area contributed by atoms with Gasteiger partial charge in [-0.25, -0.2) is 0 Å². The van der Waals surface area contributed by atoms with Gasteiger partial charge in [-0.1, -0.05) is 31.9 Å². The van der Waals surface area contributed by atoms with Crippen molar-refractivity contribution in [3.8, 4) is 0 Å². The van der Waals surface area contributed by atoms with Crippen LogP contribution in [0.3, 0.4) is 0 Å². The number of nitrogens with two attached hydrogens (primary N) is 1. The Labute approximate surface area is 116 Å². The van der Waals surface area contributed by atoms with Gasteiger partial charge in [0.05, 0.1) is 0 Å². The molecule has 0 heterocycles. The Morgan fingerprint density at radius 3 is 1.94 bits per heavy atom. The van der Waals surface area contributed by atoms with Crippen LogP contribution in [-0.2, 0) is 0 Å². The molecule has 0 aromatic heterocycles. The fraction of sp³-hybridized carbons (Fsp3) is 0. The first-order valence-corrected chi connectivity index (χ1v) is 6.51. The summed E-state index contributed by atoms with van der Waals surface area (Å²) in [4.78, 5) is 12.2. The minimum absolute atomic E-state index is 0.0213. The van der Waals surface area contributed by atoms with Crippen molar-refractivity contribution in [3.63, 3.8) is 0 Å². The highest BCUT2D eigenvalue weighted by molar-refractivity contribution is 9.11. The van der Waals surface area contributed by atoms with Gasteiger partial charge in [-0.15, -0.1) is 0 Å². The summed E-state index contributed by atoms with van der Waals surface area (Å²) in [6.45, 7) is 0. The number of benzene rings is 2. The lowest BCUT2D eigenvalue weighted by Gasteiger charge is -2.03. The molecule has 2 N–H and O–H groups in total. The number of carbonyl (C=O) groups is 1. The van der Waals surface area contributed by atoms with E-state index in [4.69, 9.17) is 5.73 Å². The summed E-state index contributed by atoms with van der Waals surface area (Å²) >= 11 is 6.73. The van der Waals surface area contributed by atoms with Gasteiger partial charge in [0.1, 0.15) is 0 Å². The van der Waals surface area contributed by atoms with Crippen LogP contribution in [0.5, 0.6) is 0 Å². The largest absolute Gasteiger partial charge is 0.399 e. The summed E-state index contributed by atoms with van der Waals surface area (Å²) in [5, 5.41) is 0. The topological polar surface area (TPSA) is 43.1 Å². The molecule has 0 atom stereocenters. The van der Waals surface area contributed by atoms with E-state index in [2.05, 4.69) is 31.9 Å². The number of halogens is 2. The van der Waals surface area contributed by atoms with E-state index in [9.17, 15) is 4.79 Å². The van der Waals surface area contributed by atoms with Crippen LogP contribution in [0.25, 0.3) is 0 Å². The lowest BCUT2D eigenvalue weighted by Crippen LogP contribution is -2.01. The lowest BCUT2D eigenvalue weighted by atomic mass is 10.0. The zero-order valence-corrected chi connectivity index (χ0v) is 12.0. The van der Waals surface area contributed by atoms with Gasteiger partial charge in [0, 0.05) is 25.8 Å². The average molecular weight is 355 g/mol.